The number of rotatable bonds is 5. The lowest BCUT2D eigenvalue weighted by Crippen LogP contribution is -2.46. The summed E-state index contributed by atoms with van der Waals surface area (Å²) in [5.74, 6) is 2.22. The molecule has 1 aromatic heterocycles. The van der Waals surface area contributed by atoms with Crippen molar-refractivity contribution in [2.24, 2.45) is 5.92 Å². The van der Waals surface area contributed by atoms with E-state index >= 15 is 0 Å². The van der Waals surface area contributed by atoms with Crippen LogP contribution in [0.1, 0.15) is 25.5 Å². The van der Waals surface area contributed by atoms with E-state index in [-0.39, 0.29) is 11.8 Å². The van der Waals surface area contributed by atoms with E-state index in [1.165, 1.54) is 0 Å². The highest BCUT2D eigenvalue weighted by Crippen LogP contribution is 2.18. The lowest BCUT2D eigenvalue weighted by molar-refractivity contribution is -0.124. The lowest BCUT2D eigenvalue weighted by Gasteiger charge is -2.33. The van der Waals surface area contributed by atoms with E-state index in [0.717, 1.165) is 43.2 Å². The van der Waals surface area contributed by atoms with Crippen LogP contribution in [0.4, 0.5) is 5.82 Å². The zero-order chi connectivity index (χ0) is 15.2. The van der Waals surface area contributed by atoms with Gasteiger partial charge in [0, 0.05) is 36.5 Å². The lowest BCUT2D eigenvalue weighted by atomic mass is 10.0. The molecular formula is C16H25N3OS. The van der Waals surface area contributed by atoms with Gasteiger partial charge in [0.1, 0.15) is 5.82 Å². The van der Waals surface area contributed by atoms with Gasteiger partial charge in [-0.3, -0.25) is 4.79 Å². The Balaban J connectivity index is 1.82. The number of aromatic nitrogens is 1. The summed E-state index contributed by atoms with van der Waals surface area (Å²) in [6.45, 7) is 5.93. The number of carbonyl (C=O) groups is 1. The van der Waals surface area contributed by atoms with Crippen LogP contribution in [0.25, 0.3) is 0 Å². The summed E-state index contributed by atoms with van der Waals surface area (Å²) in [5.41, 5.74) is 1.05. The number of hydrogen-bond acceptors (Lipinski definition) is 4. The maximum Gasteiger partial charge on any atom is 0.223 e. The summed E-state index contributed by atoms with van der Waals surface area (Å²) in [5, 5.41) is 3.19. The number of hydrogen-bond donors (Lipinski definition) is 1. The van der Waals surface area contributed by atoms with Crippen LogP contribution < -0.4 is 10.2 Å². The molecule has 5 heteroatoms. The number of thioether (sulfide) groups is 1. The molecule has 4 nitrogen and oxygen atoms in total. The van der Waals surface area contributed by atoms with Crippen LogP contribution in [0.15, 0.2) is 18.2 Å². The van der Waals surface area contributed by atoms with Gasteiger partial charge in [-0.1, -0.05) is 13.0 Å². The van der Waals surface area contributed by atoms with Crippen molar-refractivity contribution in [2.75, 3.05) is 30.0 Å². The summed E-state index contributed by atoms with van der Waals surface area (Å²) < 4.78 is 0. The van der Waals surface area contributed by atoms with Gasteiger partial charge in [0.25, 0.3) is 0 Å². The first-order chi connectivity index (χ1) is 10.1. The number of piperidine rings is 1. The fraction of sp³-hybridized carbons (Fsp3) is 0.625. The highest BCUT2D eigenvalue weighted by atomic mass is 32.2. The molecule has 1 N–H and O–H groups in total. The summed E-state index contributed by atoms with van der Waals surface area (Å²) in [7, 11) is 0. The van der Waals surface area contributed by atoms with Crippen LogP contribution in [0.2, 0.25) is 0 Å². The zero-order valence-corrected chi connectivity index (χ0v) is 13.9. The Morgan fingerprint density at radius 3 is 2.81 bits per heavy atom. The molecule has 0 spiro atoms. The zero-order valence-electron chi connectivity index (χ0n) is 13.1. The Morgan fingerprint density at radius 1 is 1.48 bits per heavy atom. The van der Waals surface area contributed by atoms with Gasteiger partial charge in [-0.05, 0) is 38.2 Å². The second-order valence-corrected chi connectivity index (χ2v) is 6.67. The number of aryl methyl sites for hydroxylation is 1. The van der Waals surface area contributed by atoms with Gasteiger partial charge in [-0.2, -0.15) is 11.8 Å². The Morgan fingerprint density at radius 2 is 2.19 bits per heavy atom. The number of carbonyl (C=O) groups excluding carboxylic acids is 1. The molecule has 0 saturated carbocycles. The fourth-order valence-corrected chi connectivity index (χ4v) is 3.28. The predicted octanol–water partition coefficient (Wildman–Crippen LogP) is 2.47. The summed E-state index contributed by atoms with van der Waals surface area (Å²) >= 11 is 1.72. The molecule has 0 unspecified atom stereocenters. The molecule has 2 rings (SSSR count). The van der Waals surface area contributed by atoms with E-state index in [9.17, 15) is 4.79 Å². The van der Waals surface area contributed by atoms with E-state index in [4.69, 9.17) is 0 Å². The third-order valence-electron chi connectivity index (χ3n) is 3.90. The summed E-state index contributed by atoms with van der Waals surface area (Å²) in [6.07, 6.45) is 4.03. The topological polar surface area (TPSA) is 45.2 Å². The van der Waals surface area contributed by atoms with Crippen LogP contribution in [0.5, 0.6) is 0 Å². The van der Waals surface area contributed by atoms with E-state index < -0.39 is 0 Å². The standard InChI is InChI=1S/C16H25N3OS/c1-12(11-21-3)16(20)18-14-7-9-19(10-8-14)15-6-4-5-13(2)17-15/h4-6,12,14H,7-11H2,1-3H3,(H,18,20)/t12-/m1/s1. The van der Waals surface area contributed by atoms with Gasteiger partial charge in [-0.25, -0.2) is 4.98 Å². The quantitative estimate of drug-likeness (QED) is 0.908. The number of pyridine rings is 1. The predicted molar refractivity (Wildman–Crippen MR) is 89.9 cm³/mol. The van der Waals surface area contributed by atoms with Crippen molar-refractivity contribution >= 4 is 23.5 Å². The van der Waals surface area contributed by atoms with Gasteiger partial charge < -0.3 is 10.2 Å². The monoisotopic (exact) mass is 307 g/mol. The molecule has 0 bridgehead atoms. The SMILES string of the molecule is CSC[C@@H](C)C(=O)NC1CCN(c2cccc(C)n2)CC1. The molecule has 1 amide bonds. The minimum absolute atomic E-state index is 0.0940. The van der Waals surface area contributed by atoms with Gasteiger partial charge >= 0.3 is 0 Å². The second-order valence-electron chi connectivity index (χ2n) is 5.76. The summed E-state index contributed by atoms with van der Waals surface area (Å²) in [6, 6.07) is 6.44. The third-order valence-corrected chi connectivity index (χ3v) is 4.74. The average molecular weight is 307 g/mol. The fourth-order valence-electron chi connectivity index (χ4n) is 2.63. The van der Waals surface area contributed by atoms with Crippen molar-refractivity contribution in [3.05, 3.63) is 23.9 Å². The third kappa shape index (κ3) is 4.63. The molecule has 1 aliphatic rings. The first-order valence-corrected chi connectivity index (χ1v) is 8.97. The number of amides is 1. The van der Waals surface area contributed by atoms with Crippen LogP contribution >= 0.6 is 11.8 Å². The molecule has 2 heterocycles. The summed E-state index contributed by atoms with van der Waals surface area (Å²) in [4.78, 5) is 18.9. The second kappa shape index (κ2) is 7.69. The molecule has 0 aromatic carbocycles. The van der Waals surface area contributed by atoms with Gasteiger partial charge in [0.2, 0.25) is 5.91 Å². The van der Waals surface area contributed by atoms with Crippen LogP contribution in [0.3, 0.4) is 0 Å². The van der Waals surface area contributed by atoms with Crippen molar-refractivity contribution in [3.63, 3.8) is 0 Å². The van der Waals surface area contributed by atoms with Crippen LogP contribution in [-0.2, 0) is 4.79 Å². The Labute approximate surface area is 131 Å². The Hall–Kier alpha value is -1.23. The maximum absolute atomic E-state index is 12.0. The molecule has 1 aromatic rings. The van der Waals surface area contributed by atoms with E-state index in [2.05, 4.69) is 27.3 Å². The van der Waals surface area contributed by atoms with Gasteiger partial charge in [0.15, 0.2) is 0 Å². The Kier molecular flexibility index (Phi) is 5.91. The maximum atomic E-state index is 12.0. The largest absolute Gasteiger partial charge is 0.356 e. The highest BCUT2D eigenvalue weighted by Gasteiger charge is 2.23. The Bertz CT molecular complexity index is 472. The van der Waals surface area contributed by atoms with E-state index in [1.807, 2.05) is 26.2 Å². The number of nitrogens with zero attached hydrogens (tertiary/aromatic N) is 2. The molecule has 1 aliphatic heterocycles. The van der Waals surface area contributed by atoms with Gasteiger partial charge in [-0.15, -0.1) is 0 Å². The molecule has 1 fully saturated rings. The van der Waals surface area contributed by atoms with Crippen molar-refractivity contribution in [3.8, 4) is 0 Å². The molecule has 0 radical (unpaired) electrons. The first kappa shape index (κ1) is 16.1. The normalized spacial score (nSPS) is 17.6. The van der Waals surface area contributed by atoms with Crippen molar-refractivity contribution < 1.29 is 4.79 Å². The average Bonchev–Trinajstić information content (AvgIpc) is 2.48. The molecule has 21 heavy (non-hydrogen) atoms. The number of nitrogens with one attached hydrogen (secondary N) is 1. The van der Waals surface area contributed by atoms with Crippen molar-refractivity contribution in [1.82, 2.24) is 10.3 Å². The van der Waals surface area contributed by atoms with Crippen LogP contribution in [0, 0.1) is 12.8 Å². The molecule has 1 saturated heterocycles. The number of anilines is 1. The molecule has 1 atom stereocenters. The minimum Gasteiger partial charge on any atom is -0.356 e. The first-order valence-electron chi connectivity index (χ1n) is 7.58. The van der Waals surface area contributed by atoms with Gasteiger partial charge in [0.05, 0.1) is 0 Å². The highest BCUT2D eigenvalue weighted by molar-refractivity contribution is 7.98. The van der Waals surface area contributed by atoms with E-state index in [1.54, 1.807) is 11.8 Å². The van der Waals surface area contributed by atoms with Crippen LogP contribution in [-0.4, -0.2) is 42.0 Å². The smallest absolute Gasteiger partial charge is 0.223 e. The molecular weight excluding hydrogens is 282 g/mol. The molecule has 116 valence electrons. The minimum atomic E-state index is 0.0940. The molecule has 0 aliphatic carbocycles. The van der Waals surface area contributed by atoms with E-state index in [0.29, 0.717) is 6.04 Å². The van der Waals surface area contributed by atoms with Crippen molar-refractivity contribution in [1.29, 1.82) is 0 Å². The van der Waals surface area contributed by atoms with Crippen molar-refractivity contribution in [2.45, 2.75) is 32.7 Å².